The van der Waals surface area contributed by atoms with Crippen LogP contribution in [0.1, 0.15) is 30.1 Å². The van der Waals surface area contributed by atoms with Gasteiger partial charge in [-0.05, 0) is 42.8 Å². The van der Waals surface area contributed by atoms with Crippen molar-refractivity contribution >= 4 is 17.6 Å². The van der Waals surface area contributed by atoms with Crippen LogP contribution >= 0.6 is 0 Å². The van der Waals surface area contributed by atoms with E-state index in [1.807, 2.05) is 5.32 Å². The van der Waals surface area contributed by atoms with E-state index in [0.29, 0.717) is 18.0 Å². The molecule has 0 heterocycles. The highest BCUT2D eigenvalue weighted by atomic mass is 19.1. The van der Waals surface area contributed by atoms with Gasteiger partial charge in [-0.15, -0.1) is 0 Å². The first-order chi connectivity index (χ1) is 12.0. The van der Waals surface area contributed by atoms with Crippen LogP contribution in [0.4, 0.5) is 19.3 Å². The molecular weight excluding hydrogens is 330 g/mol. The maximum atomic E-state index is 13.5. The first kappa shape index (κ1) is 18.4. The monoisotopic (exact) mass is 348 g/mol. The van der Waals surface area contributed by atoms with Crippen LogP contribution in [-0.4, -0.2) is 18.5 Å². The molecule has 0 radical (unpaired) electrons. The molecule has 3 amide bonds. The molecule has 5 nitrogen and oxygen atoms in total. The topological polar surface area (TPSA) is 67.4 Å². The van der Waals surface area contributed by atoms with Gasteiger partial charge in [0.1, 0.15) is 22.9 Å². The molecule has 0 fully saturated rings. The van der Waals surface area contributed by atoms with E-state index in [1.165, 1.54) is 0 Å². The fourth-order valence-electron chi connectivity index (χ4n) is 2.01. The van der Waals surface area contributed by atoms with E-state index in [1.54, 1.807) is 24.3 Å². The van der Waals surface area contributed by atoms with Crippen LogP contribution in [0.5, 0.6) is 5.75 Å². The molecule has 0 atom stereocenters. The zero-order chi connectivity index (χ0) is 18.2. The highest BCUT2D eigenvalue weighted by Crippen LogP contribution is 2.16. The summed E-state index contributed by atoms with van der Waals surface area (Å²) in [5, 5.41) is 4.29. The second-order valence-corrected chi connectivity index (χ2v) is 5.23. The van der Waals surface area contributed by atoms with Crippen LogP contribution in [-0.2, 0) is 0 Å². The lowest BCUT2D eigenvalue weighted by Gasteiger charge is -2.09. The third-order valence-electron chi connectivity index (χ3n) is 3.30. The highest BCUT2D eigenvalue weighted by molar-refractivity contribution is 6.08. The lowest BCUT2D eigenvalue weighted by Crippen LogP contribution is -2.35. The number of amides is 3. The SMILES string of the molecule is CCCCOc1ccc(NC(=O)NC(=O)c2c(F)cccc2F)cc1. The number of ether oxygens (including phenoxy) is 1. The molecular formula is C18H18F2N2O3. The maximum absolute atomic E-state index is 13.5. The number of anilines is 1. The van der Waals surface area contributed by atoms with Crippen LogP contribution in [0, 0.1) is 11.6 Å². The van der Waals surface area contributed by atoms with E-state index >= 15 is 0 Å². The Balaban J connectivity index is 1.92. The summed E-state index contributed by atoms with van der Waals surface area (Å²) in [4.78, 5) is 23.6. The molecule has 0 aliphatic heterocycles. The van der Waals surface area contributed by atoms with Crippen molar-refractivity contribution in [2.75, 3.05) is 11.9 Å². The van der Waals surface area contributed by atoms with Crippen molar-refractivity contribution in [1.29, 1.82) is 0 Å². The summed E-state index contributed by atoms with van der Waals surface area (Å²) in [6.45, 7) is 2.66. The Morgan fingerprint density at radius 1 is 1.04 bits per heavy atom. The standard InChI is InChI=1S/C18H18F2N2O3/c1-2-3-11-25-13-9-7-12(8-10-13)21-18(24)22-17(23)16-14(19)5-4-6-15(16)20/h4-10H,2-3,11H2,1H3,(H2,21,22,23,24). The van der Waals surface area contributed by atoms with Gasteiger partial charge < -0.3 is 10.1 Å². The lowest BCUT2D eigenvalue weighted by atomic mass is 10.2. The van der Waals surface area contributed by atoms with Gasteiger partial charge in [-0.1, -0.05) is 19.4 Å². The van der Waals surface area contributed by atoms with Crippen LogP contribution in [0.15, 0.2) is 42.5 Å². The molecule has 2 N–H and O–H groups in total. The minimum Gasteiger partial charge on any atom is -0.494 e. The number of carbonyl (C=O) groups excluding carboxylic acids is 2. The number of halogens is 2. The summed E-state index contributed by atoms with van der Waals surface area (Å²) >= 11 is 0. The molecule has 0 aromatic heterocycles. The van der Waals surface area contributed by atoms with E-state index in [-0.39, 0.29) is 0 Å². The Kier molecular flexibility index (Phi) is 6.45. The Labute approximate surface area is 144 Å². The van der Waals surface area contributed by atoms with Crippen LogP contribution in [0.3, 0.4) is 0 Å². The minimum atomic E-state index is -1.16. The summed E-state index contributed by atoms with van der Waals surface area (Å²) in [5.74, 6) is -2.59. The number of nitrogens with one attached hydrogen (secondary N) is 2. The zero-order valence-corrected chi connectivity index (χ0v) is 13.6. The first-order valence-electron chi connectivity index (χ1n) is 7.80. The fraction of sp³-hybridized carbons (Fsp3) is 0.222. The van der Waals surface area contributed by atoms with E-state index in [9.17, 15) is 18.4 Å². The molecule has 0 bridgehead atoms. The van der Waals surface area contributed by atoms with E-state index < -0.39 is 29.1 Å². The van der Waals surface area contributed by atoms with Gasteiger partial charge in [0, 0.05) is 5.69 Å². The van der Waals surface area contributed by atoms with Gasteiger partial charge in [0.25, 0.3) is 5.91 Å². The molecule has 0 unspecified atom stereocenters. The normalized spacial score (nSPS) is 10.2. The fourth-order valence-corrected chi connectivity index (χ4v) is 2.01. The Bertz CT molecular complexity index is 728. The van der Waals surface area contributed by atoms with Gasteiger partial charge in [-0.3, -0.25) is 10.1 Å². The van der Waals surface area contributed by atoms with E-state index in [0.717, 1.165) is 31.0 Å². The van der Waals surface area contributed by atoms with Gasteiger partial charge in [0.15, 0.2) is 0 Å². The second kappa shape index (κ2) is 8.77. The van der Waals surface area contributed by atoms with Gasteiger partial charge in [0.2, 0.25) is 0 Å². The Morgan fingerprint density at radius 2 is 1.68 bits per heavy atom. The molecule has 2 aromatic carbocycles. The molecule has 0 spiro atoms. The van der Waals surface area contributed by atoms with Gasteiger partial charge in [-0.25, -0.2) is 13.6 Å². The van der Waals surface area contributed by atoms with Crippen molar-refractivity contribution in [3.05, 3.63) is 59.7 Å². The number of hydrogen-bond donors (Lipinski definition) is 2. The van der Waals surface area contributed by atoms with E-state index in [4.69, 9.17) is 4.74 Å². The summed E-state index contributed by atoms with van der Waals surface area (Å²) in [7, 11) is 0. The number of unbranched alkanes of at least 4 members (excludes halogenated alkanes) is 1. The Hall–Kier alpha value is -2.96. The molecule has 132 valence electrons. The molecule has 2 rings (SSSR count). The quantitative estimate of drug-likeness (QED) is 0.772. The van der Waals surface area contributed by atoms with Crippen molar-refractivity contribution in [3.8, 4) is 5.75 Å². The number of rotatable bonds is 6. The van der Waals surface area contributed by atoms with E-state index in [2.05, 4.69) is 12.2 Å². The van der Waals surface area contributed by atoms with Gasteiger partial charge in [-0.2, -0.15) is 0 Å². The average molecular weight is 348 g/mol. The summed E-state index contributed by atoms with van der Waals surface area (Å²) < 4.78 is 32.5. The number of hydrogen-bond acceptors (Lipinski definition) is 3. The maximum Gasteiger partial charge on any atom is 0.326 e. The third-order valence-corrected chi connectivity index (χ3v) is 3.30. The molecule has 0 aliphatic carbocycles. The highest BCUT2D eigenvalue weighted by Gasteiger charge is 2.19. The summed E-state index contributed by atoms with van der Waals surface area (Å²) in [6.07, 6.45) is 1.97. The van der Waals surface area contributed by atoms with Crippen LogP contribution in [0.2, 0.25) is 0 Å². The van der Waals surface area contributed by atoms with Crippen molar-refractivity contribution in [2.45, 2.75) is 19.8 Å². The molecule has 2 aromatic rings. The van der Waals surface area contributed by atoms with Crippen molar-refractivity contribution in [3.63, 3.8) is 0 Å². The minimum absolute atomic E-state index is 0.405. The molecule has 0 aliphatic rings. The Morgan fingerprint density at radius 3 is 2.28 bits per heavy atom. The van der Waals surface area contributed by atoms with Crippen molar-refractivity contribution in [1.82, 2.24) is 5.32 Å². The van der Waals surface area contributed by atoms with Crippen molar-refractivity contribution < 1.29 is 23.1 Å². The summed E-state index contributed by atoms with van der Waals surface area (Å²) in [6, 6.07) is 8.64. The summed E-state index contributed by atoms with van der Waals surface area (Å²) in [5.41, 5.74) is -0.403. The molecule has 7 heteroatoms. The number of imide groups is 1. The van der Waals surface area contributed by atoms with Crippen molar-refractivity contribution in [2.24, 2.45) is 0 Å². The second-order valence-electron chi connectivity index (χ2n) is 5.23. The third kappa shape index (κ3) is 5.27. The molecule has 0 saturated carbocycles. The smallest absolute Gasteiger partial charge is 0.326 e. The predicted molar refractivity (Wildman–Crippen MR) is 89.7 cm³/mol. The molecule has 0 saturated heterocycles. The average Bonchev–Trinajstić information content (AvgIpc) is 2.56. The number of benzene rings is 2. The van der Waals surface area contributed by atoms with Gasteiger partial charge >= 0.3 is 6.03 Å². The zero-order valence-electron chi connectivity index (χ0n) is 13.6. The van der Waals surface area contributed by atoms with Crippen LogP contribution in [0.25, 0.3) is 0 Å². The first-order valence-corrected chi connectivity index (χ1v) is 7.80. The van der Waals surface area contributed by atoms with Crippen LogP contribution < -0.4 is 15.4 Å². The predicted octanol–water partition coefficient (Wildman–Crippen LogP) is 4.11. The lowest BCUT2D eigenvalue weighted by molar-refractivity contribution is 0.0959. The van der Waals surface area contributed by atoms with Gasteiger partial charge in [0.05, 0.1) is 6.61 Å². The molecule has 25 heavy (non-hydrogen) atoms. The number of carbonyl (C=O) groups is 2. The number of urea groups is 1. The largest absolute Gasteiger partial charge is 0.494 e.